The second-order valence-corrected chi connectivity index (χ2v) is 29.1. The Morgan fingerprint density at radius 3 is 1.25 bits per heavy atom. The van der Waals surface area contributed by atoms with Crippen LogP contribution >= 0.6 is 15.9 Å². The first kappa shape index (κ1) is 46.8. The predicted molar refractivity (Wildman–Crippen MR) is 250 cm³/mol. The van der Waals surface area contributed by atoms with Crippen LogP contribution in [-0.4, -0.2) is 20.7 Å². The van der Waals surface area contributed by atoms with Crippen LogP contribution in [0.25, 0.3) is 0 Å². The Morgan fingerprint density at radius 1 is 0.596 bits per heavy atom. The van der Waals surface area contributed by atoms with Gasteiger partial charge < -0.3 is 0 Å². The second kappa shape index (κ2) is 22.5. The van der Waals surface area contributed by atoms with Crippen LogP contribution in [0, 0.1) is 13.8 Å². The van der Waals surface area contributed by atoms with E-state index in [1.807, 2.05) is 72.8 Å². The minimum absolute atomic E-state index is 0.0480. The maximum atomic E-state index is 11.6. The molecule has 4 aromatic carbocycles. The van der Waals surface area contributed by atoms with E-state index in [9.17, 15) is 10.2 Å². The molecule has 308 valence electrons. The summed E-state index contributed by atoms with van der Waals surface area (Å²) >= 11 is -0.241. The van der Waals surface area contributed by atoms with Crippen molar-refractivity contribution in [2.45, 2.75) is 139 Å². The van der Waals surface area contributed by atoms with Gasteiger partial charge in [-0.05, 0) is 0 Å². The van der Waals surface area contributed by atoms with Crippen molar-refractivity contribution < 1.29 is 25.7 Å². The van der Waals surface area contributed by atoms with Crippen molar-refractivity contribution in [3.8, 4) is 11.5 Å². The van der Waals surface area contributed by atoms with Gasteiger partial charge in [0.1, 0.15) is 0 Å². The molecule has 1 fully saturated rings. The molecule has 1 heterocycles. The zero-order valence-corrected chi connectivity index (χ0v) is 39.1. The molecule has 2 N–H and O–H groups in total. The Morgan fingerprint density at radius 2 is 0.947 bits per heavy atom. The average molecular weight is 839 g/mol. The predicted octanol–water partition coefficient (Wildman–Crippen LogP) is 14.9. The zero-order chi connectivity index (χ0) is 41.6. The first-order chi connectivity index (χ1) is 27.1. The molecule has 4 atom stereocenters. The summed E-state index contributed by atoms with van der Waals surface area (Å²) in [5.41, 5.74) is 9.48. The number of hydrogen-bond acceptors (Lipinski definition) is 2. The number of allylic oxidation sites excluding steroid dienone is 2. The van der Waals surface area contributed by atoms with Crippen molar-refractivity contribution in [2.24, 2.45) is 0 Å². The van der Waals surface area contributed by atoms with E-state index < -0.39 is 0 Å². The fraction of sp³-hybridized carbons (Fsp3) is 0.423. The topological polar surface area (TPSA) is 40.5 Å². The van der Waals surface area contributed by atoms with E-state index in [2.05, 4.69) is 92.8 Å². The standard InChI is InChI=1S/C38H56O2S2.2C7H7.Ti/c1-9-11-17-27-21-31(37(3,4)5)23-29(35(27)39)25-41-33-19-15-13-14-16-20-34(33)42-26-30-24-32(38(6,7)8)22-28(36(30)40)18-12-10-2;2*1-7-5-3-2-4-6-7;/h9-10,21-24,33-34,39-40H,1-2,11-20,25-26H2,3-8H3;2*2-6H,1H2;/q;2*-1;/t33-,34?;;;/m0.../s1. The van der Waals surface area contributed by atoms with Crippen LogP contribution in [0.3, 0.4) is 0 Å². The van der Waals surface area contributed by atoms with Crippen molar-refractivity contribution in [3.63, 3.8) is 0 Å². The molecule has 0 aromatic heterocycles. The quantitative estimate of drug-likeness (QED) is 0.0949. The molecule has 1 aliphatic heterocycles. The Bertz CT molecular complexity index is 1840. The number of fused-ring (bicyclic) bond motifs is 1. The first-order valence-corrected chi connectivity index (χ1v) is 27.7. The molecule has 0 amide bonds. The van der Waals surface area contributed by atoms with E-state index in [-0.39, 0.29) is 26.3 Å². The summed E-state index contributed by atoms with van der Waals surface area (Å²) in [6.07, 6.45) is 15.5. The van der Waals surface area contributed by atoms with Crippen LogP contribution < -0.4 is 0 Å². The molecule has 57 heavy (non-hydrogen) atoms. The van der Waals surface area contributed by atoms with Crippen LogP contribution in [0.5, 0.6) is 11.5 Å². The molecule has 1 aliphatic carbocycles. The van der Waals surface area contributed by atoms with Crippen LogP contribution in [-0.2, 0) is 50.6 Å². The van der Waals surface area contributed by atoms with Gasteiger partial charge in [-0.25, -0.2) is 0 Å². The molecule has 5 heteroatoms. The van der Waals surface area contributed by atoms with Crippen molar-refractivity contribution in [3.05, 3.63) is 169 Å². The number of phenols is 2. The van der Waals surface area contributed by atoms with Gasteiger partial charge in [-0.15, -0.1) is 24.3 Å². The number of rotatable bonds is 10. The van der Waals surface area contributed by atoms with Gasteiger partial charge in [-0.2, -0.15) is 49.2 Å². The number of aryl methyl sites for hydroxylation is 2. The van der Waals surface area contributed by atoms with Crippen molar-refractivity contribution in [2.75, 3.05) is 0 Å². The summed E-state index contributed by atoms with van der Waals surface area (Å²) in [6.45, 7) is 29.0. The second-order valence-electron chi connectivity index (χ2n) is 17.7. The number of phenolic OH excluding ortho intramolecular Hbond substituents is 2. The number of aromatic hydroxyl groups is 2. The normalized spacial score (nSPS) is 19.1. The molecule has 1 saturated carbocycles. The van der Waals surface area contributed by atoms with E-state index >= 15 is 0 Å². The van der Waals surface area contributed by atoms with E-state index in [1.54, 1.807) is 0 Å². The van der Waals surface area contributed by atoms with Crippen LogP contribution in [0.15, 0.2) is 110 Å². The molecular formula is C52H70O2S2Ti-2. The van der Waals surface area contributed by atoms with Gasteiger partial charge in [-0.1, -0.05) is 12.1 Å². The summed E-state index contributed by atoms with van der Waals surface area (Å²) in [4.78, 5) is 0. The molecule has 2 nitrogen and oxygen atoms in total. The van der Waals surface area contributed by atoms with Crippen LogP contribution in [0.2, 0.25) is 0 Å². The molecule has 0 saturated heterocycles. The Hall–Kier alpha value is -2.89. The van der Waals surface area contributed by atoms with Gasteiger partial charge >= 0.3 is 275 Å². The molecule has 2 unspecified atom stereocenters. The van der Waals surface area contributed by atoms with Crippen molar-refractivity contribution in [1.29, 1.82) is 0 Å². The smallest absolute Gasteiger partial charge is 0.0866 e. The summed E-state index contributed by atoms with van der Waals surface area (Å²) in [5, 5.41) is 24.7. The molecule has 4 aromatic rings. The van der Waals surface area contributed by atoms with Crippen molar-refractivity contribution >= 4 is 15.9 Å². The van der Waals surface area contributed by atoms with Gasteiger partial charge in [0.2, 0.25) is 0 Å². The summed E-state index contributed by atoms with van der Waals surface area (Å²) in [6, 6.07) is 28.9. The third-order valence-corrected chi connectivity index (χ3v) is 26.8. The van der Waals surface area contributed by atoms with E-state index in [4.69, 9.17) is 0 Å². The molecule has 0 radical (unpaired) electrons. The Kier molecular flexibility index (Phi) is 18.5. The minimum Gasteiger partial charge on any atom is -0.199 e. The average Bonchev–Trinajstić information content (AvgIpc) is 3.45. The fourth-order valence-corrected chi connectivity index (χ4v) is 28.2. The summed E-state index contributed by atoms with van der Waals surface area (Å²) in [7, 11) is 0.693. The number of benzene rings is 4. The summed E-state index contributed by atoms with van der Waals surface area (Å²) in [5.74, 6) is 3.18. The van der Waals surface area contributed by atoms with Gasteiger partial charge in [0.15, 0.2) is 0 Å². The monoisotopic (exact) mass is 838 g/mol. The Balaban J connectivity index is 0.000000428. The Labute approximate surface area is 357 Å². The third kappa shape index (κ3) is 14.4. The van der Waals surface area contributed by atoms with Gasteiger partial charge in [0.25, 0.3) is 0 Å². The largest absolute Gasteiger partial charge is 0.199 e. The minimum atomic E-state index is -0.241. The number of hydrogen-bond donors (Lipinski definition) is 2. The van der Waals surface area contributed by atoms with E-state index in [0.717, 1.165) is 69.9 Å². The third-order valence-electron chi connectivity index (χ3n) is 10.9. The zero-order valence-electron chi connectivity index (χ0n) is 35.9. The molecule has 6 rings (SSSR count). The van der Waals surface area contributed by atoms with Gasteiger partial charge in [0, 0.05) is 0 Å². The van der Waals surface area contributed by atoms with Crippen LogP contribution in [0.1, 0.15) is 137 Å². The van der Waals surface area contributed by atoms with Gasteiger partial charge in [0.05, 0.1) is 0 Å². The maximum Gasteiger partial charge on any atom is -0.0866 e. The van der Waals surface area contributed by atoms with Crippen LogP contribution in [0.4, 0.5) is 0 Å². The molecule has 0 bridgehead atoms. The molecule has 0 spiro atoms. The maximum absolute atomic E-state index is 11.6. The van der Waals surface area contributed by atoms with E-state index in [1.165, 1.54) is 60.8 Å². The van der Waals surface area contributed by atoms with Crippen molar-refractivity contribution in [1.82, 2.24) is 0 Å². The van der Waals surface area contributed by atoms with E-state index in [0.29, 0.717) is 27.4 Å². The molecular weight excluding hydrogens is 769 g/mol. The van der Waals surface area contributed by atoms with Gasteiger partial charge in [-0.3, -0.25) is 0 Å². The molecule has 2 aliphatic rings. The SMILES string of the molecule is C=CCCc1cc(C(C)(C)C)cc(C[S]2=[Ti]=[S@@](Cc3cc(C(C)(C)C)cc(CCC=C)c3O)C3CCCCCC[C@@H]32)c1O.[CH2-]c1ccccc1.[CH2-]c1ccccc1. The first-order valence-electron chi connectivity index (χ1n) is 20.9. The summed E-state index contributed by atoms with van der Waals surface area (Å²) < 4.78 is 0. The fourth-order valence-electron chi connectivity index (χ4n) is 7.39.